The highest BCUT2D eigenvalue weighted by Gasteiger charge is 2.33. The number of hydrogen-bond donors (Lipinski definition) is 1. The molecule has 0 aromatic heterocycles. The lowest BCUT2D eigenvalue weighted by atomic mass is 9.98. The zero-order valence-electron chi connectivity index (χ0n) is 18.4. The summed E-state index contributed by atoms with van der Waals surface area (Å²) in [7, 11) is -3.66. The summed E-state index contributed by atoms with van der Waals surface area (Å²) in [6, 6.07) is 14.0. The molecule has 1 N–H and O–H groups in total. The van der Waals surface area contributed by atoms with E-state index < -0.39 is 10.0 Å². The predicted octanol–water partition coefficient (Wildman–Crippen LogP) is 3.18. The van der Waals surface area contributed by atoms with Crippen molar-refractivity contribution >= 4 is 33.4 Å². The number of carbonyl (C=O) groups excluding carboxylic acids is 2. The Balaban J connectivity index is 1.31. The molecule has 0 radical (unpaired) electrons. The number of nitrogens with one attached hydrogen (secondary N) is 1. The summed E-state index contributed by atoms with van der Waals surface area (Å²) in [5, 5.41) is 3.42. The molecule has 2 aromatic carbocycles. The molecule has 0 bridgehead atoms. The van der Waals surface area contributed by atoms with Crippen molar-refractivity contribution in [2.75, 3.05) is 19.6 Å². The van der Waals surface area contributed by atoms with E-state index in [1.165, 1.54) is 16.4 Å². The number of halogens is 1. The van der Waals surface area contributed by atoms with Crippen LogP contribution in [-0.4, -0.2) is 49.1 Å². The number of hydrogen-bond acceptors (Lipinski definition) is 4. The lowest BCUT2D eigenvalue weighted by molar-refractivity contribution is -0.128. The van der Waals surface area contributed by atoms with Crippen molar-refractivity contribution in [2.24, 2.45) is 5.92 Å². The third-order valence-electron chi connectivity index (χ3n) is 6.24. The molecule has 1 atom stereocenters. The van der Waals surface area contributed by atoms with E-state index in [9.17, 15) is 18.0 Å². The first-order chi connectivity index (χ1) is 15.8. The number of amides is 2. The molecule has 2 saturated heterocycles. The van der Waals surface area contributed by atoms with E-state index in [0.29, 0.717) is 43.9 Å². The number of likely N-dealkylation sites (tertiary alicyclic amines) is 1. The number of piperidine rings is 1. The van der Waals surface area contributed by atoms with E-state index in [2.05, 4.69) is 5.32 Å². The van der Waals surface area contributed by atoms with Crippen LogP contribution in [0.15, 0.2) is 53.4 Å². The lowest BCUT2D eigenvalue weighted by Gasteiger charge is -2.31. The van der Waals surface area contributed by atoms with Crippen LogP contribution in [0.3, 0.4) is 0 Å². The van der Waals surface area contributed by atoms with Gasteiger partial charge in [-0.05, 0) is 54.7 Å². The van der Waals surface area contributed by atoms with E-state index in [1.807, 2.05) is 29.2 Å². The SMILES string of the molecule is O=C(NCc1ccc(CN2CCCC2=O)cc1)[C@@H]1CCCN(S(=O)(=O)c2ccc(Cl)cc2)C1. The van der Waals surface area contributed by atoms with E-state index >= 15 is 0 Å². The molecule has 2 fully saturated rings. The van der Waals surface area contributed by atoms with Gasteiger partial charge in [-0.3, -0.25) is 9.59 Å². The Morgan fingerprint density at radius 3 is 2.36 bits per heavy atom. The lowest BCUT2D eigenvalue weighted by Crippen LogP contribution is -2.45. The largest absolute Gasteiger partial charge is 0.352 e. The second kappa shape index (κ2) is 10.2. The number of carbonyl (C=O) groups is 2. The van der Waals surface area contributed by atoms with Gasteiger partial charge in [0.2, 0.25) is 21.8 Å². The minimum atomic E-state index is -3.66. The van der Waals surface area contributed by atoms with Crippen molar-refractivity contribution in [1.82, 2.24) is 14.5 Å². The Kier molecular flexibility index (Phi) is 7.36. The Morgan fingerprint density at radius 1 is 1.00 bits per heavy atom. The van der Waals surface area contributed by atoms with Crippen LogP contribution >= 0.6 is 11.6 Å². The van der Waals surface area contributed by atoms with Gasteiger partial charge in [-0.25, -0.2) is 8.42 Å². The minimum absolute atomic E-state index is 0.141. The van der Waals surface area contributed by atoms with Gasteiger partial charge in [-0.2, -0.15) is 4.31 Å². The van der Waals surface area contributed by atoms with Crippen LogP contribution in [0.2, 0.25) is 5.02 Å². The van der Waals surface area contributed by atoms with Crippen molar-refractivity contribution in [3.63, 3.8) is 0 Å². The van der Waals surface area contributed by atoms with Gasteiger partial charge in [0.15, 0.2) is 0 Å². The molecule has 0 aliphatic carbocycles. The van der Waals surface area contributed by atoms with Crippen molar-refractivity contribution in [3.05, 3.63) is 64.7 Å². The molecule has 7 nitrogen and oxygen atoms in total. The van der Waals surface area contributed by atoms with Gasteiger partial charge in [-0.1, -0.05) is 35.9 Å². The molecule has 4 rings (SSSR count). The fourth-order valence-corrected chi connectivity index (χ4v) is 5.97. The fourth-order valence-electron chi connectivity index (χ4n) is 4.32. The third kappa shape index (κ3) is 5.75. The first-order valence-corrected chi connectivity index (χ1v) is 13.0. The first-order valence-electron chi connectivity index (χ1n) is 11.2. The Bertz CT molecular complexity index is 1100. The average Bonchev–Trinajstić information content (AvgIpc) is 3.23. The van der Waals surface area contributed by atoms with Crippen molar-refractivity contribution in [1.29, 1.82) is 0 Å². The topological polar surface area (TPSA) is 86.8 Å². The molecular formula is C24H28ClN3O4S. The van der Waals surface area contributed by atoms with E-state index in [1.54, 1.807) is 12.1 Å². The Morgan fingerprint density at radius 2 is 1.70 bits per heavy atom. The maximum Gasteiger partial charge on any atom is 0.243 e. The van der Waals surface area contributed by atoms with Gasteiger partial charge < -0.3 is 10.2 Å². The Hall–Kier alpha value is -2.42. The van der Waals surface area contributed by atoms with Crippen LogP contribution in [0.5, 0.6) is 0 Å². The second-order valence-electron chi connectivity index (χ2n) is 8.61. The van der Waals surface area contributed by atoms with Crippen LogP contribution in [-0.2, 0) is 32.7 Å². The highest BCUT2D eigenvalue weighted by Crippen LogP contribution is 2.25. The van der Waals surface area contributed by atoms with Crippen molar-refractivity contribution in [2.45, 2.75) is 43.7 Å². The summed E-state index contributed by atoms with van der Waals surface area (Å²) >= 11 is 5.87. The number of nitrogens with zero attached hydrogens (tertiary/aromatic N) is 2. The third-order valence-corrected chi connectivity index (χ3v) is 8.37. The number of benzene rings is 2. The van der Waals surface area contributed by atoms with Gasteiger partial charge in [0.25, 0.3) is 0 Å². The fraction of sp³-hybridized carbons (Fsp3) is 0.417. The maximum absolute atomic E-state index is 12.9. The van der Waals surface area contributed by atoms with Crippen LogP contribution in [0.4, 0.5) is 0 Å². The second-order valence-corrected chi connectivity index (χ2v) is 11.0. The predicted molar refractivity (Wildman–Crippen MR) is 126 cm³/mol. The smallest absolute Gasteiger partial charge is 0.243 e. The van der Waals surface area contributed by atoms with E-state index in [0.717, 1.165) is 24.1 Å². The summed E-state index contributed by atoms with van der Waals surface area (Å²) in [4.78, 5) is 26.6. The molecule has 0 saturated carbocycles. The molecule has 176 valence electrons. The standard InChI is InChI=1S/C24H28ClN3O4S/c25-21-9-11-22(12-10-21)33(31,32)28-14-1-3-20(17-28)24(30)26-15-18-5-7-19(8-6-18)16-27-13-2-4-23(27)29/h5-12,20H,1-4,13-17H2,(H,26,30)/t20-/m1/s1. The monoisotopic (exact) mass is 489 g/mol. The Labute approximate surface area is 199 Å². The van der Waals surface area contributed by atoms with Gasteiger partial charge in [0, 0.05) is 44.2 Å². The van der Waals surface area contributed by atoms with Crippen LogP contribution < -0.4 is 5.32 Å². The molecule has 2 aromatic rings. The number of sulfonamides is 1. The van der Waals surface area contributed by atoms with Crippen LogP contribution in [0.25, 0.3) is 0 Å². The minimum Gasteiger partial charge on any atom is -0.352 e. The summed E-state index contributed by atoms with van der Waals surface area (Å²) in [6.07, 6.45) is 2.84. The van der Waals surface area contributed by atoms with Crippen LogP contribution in [0, 0.1) is 5.92 Å². The van der Waals surface area contributed by atoms with Crippen molar-refractivity contribution in [3.8, 4) is 0 Å². The van der Waals surface area contributed by atoms with E-state index in [-0.39, 0.29) is 29.2 Å². The van der Waals surface area contributed by atoms with Crippen molar-refractivity contribution < 1.29 is 18.0 Å². The van der Waals surface area contributed by atoms with Gasteiger partial charge in [0.1, 0.15) is 0 Å². The molecule has 2 heterocycles. The molecule has 0 spiro atoms. The molecule has 9 heteroatoms. The molecule has 2 aliphatic rings. The molecule has 33 heavy (non-hydrogen) atoms. The van der Waals surface area contributed by atoms with E-state index in [4.69, 9.17) is 11.6 Å². The maximum atomic E-state index is 12.9. The zero-order valence-corrected chi connectivity index (χ0v) is 19.9. The quantitative estimate of drug-likeness (QED) is 0.647. The summed E-state index contributed by atoms with van der Waals surface area (Å²) < 4.78 is 27.3. The van der Waals surface area contributed by atoms with Crippen LogP contribution in [0.1, 0.15) is 36.8 Å². The average molecular weight is 490 g/mol. The number of rotatable bonds is 7. The highest BCUT2D eigenvalue weighted by molar-refractivity contribution is 7.89. The molecular weight excluding hydrogens is 462 g/mol. The zero-order chi connectivity index (χ0) is 23.4. The summed E-state index contributed by atoms with van der Waals surface area (Å²) in [5.41, 5.74) is 2.02. The normalized spacial score (nSPS) is 19.6. The van der Waals surface area contributed by atoms with Gasteiger partial charge in [-0.15, -0.1) is 0 Å². The summed E-state index contributed by atoms with van der Waals surface area (Å²) in [6.45, 7) is 2.37. The highest BCUT2D eigenvalue weighted by atomic mass is 35.5. The molecule has 2 amide bonds. The van der Waals surface area contributed by atoms with Gasteiger partial charge in [0.05, 0.1) is 10.8 Å². The molecule has 0 unspecified atom stereocenters. The first kappa shape index (κ1) is 23.7. The summed E-state index contributed by atoms with van der Waals surface area (Å²) in [5.74, 6) is -0.329. The molecule has 2 aliphatic heterocycles. The van der Waals surface area contributed by atoms with Gasteiger partial charge >= 0.3 is 0 Å².